The Bertz CT molecular complexity index is 372. The fourth-order valence-corrected chi connectivity index (χ4v) is 2.03. The number of hydrogen-bond acceptors (Lipinski definition) is 3. The molecule has 82 valence electrons. The molecule has 0 saturated carbocycles. The zero-order valence-electron chi connectivity index (χ0n) is 8.45. The molecule has 0 amide bonds. The van der Waals surface area contributed by atoms with Gasteiger partial charge in [-0.2, -0.15) is 0 Å². The van der Waals surface area contributed by atoms with E-state index in [0.717, 1.165) is 13.0 Å². The van der Waals surface area contributed by atoms with E-state index in [9.17, 15) is 4.39 Å². The summed E-state index contributed by atoms with van der Waals surface area (Å²) < 4.78 is 13.6. The van der Waals surface area contributed by atoms with Crippen molar-refractivity contribution in [1.82, 2.24) is 4.98 Å². The predicted molar refractivity (Wildman–Crippen MR) is 58.6 cm³/mol. The van der Waals surface area contributed by atoms with Gasteiger partial charge in [-0.05, 0) is 19.4 Å². The normalized spacial score (nSPS) is 26.0. The average molecular weight is 230 g/mol. The summed E-state index contributed by atoms with van der Waals surface area (Å²) in [4.78, 5) is 5.89. The van der Waals surface area contributed by atoms with Crippen LogP contribution in [0, 0.1) is 5.82 Å². The molecule has 15 heavy (non-hydrogen) atoms. The van der Waals surface area contributed by atoms with Crippen LogP contribution in [0.3, 0.4) is 0 Å². The largest absolute Gasteiger partial charge is 0.350 e. The molecular weight excluding hydrogens is 217 g/mol. The number of aromatic nitrogens is 1. The summed E-state index contributed by atoms with van der Waals surface area (Å²) in [5, 5.41) is 0.312. The van der Waals surface area contributed by atoms with Gasteiger partial charge >= 0.3 is 0 Å². The Morgan fingerprint density at radius 2 is 2.40 bits per heavy atom. The standard InChI is InChI=1S/C10H13ClFN3/c1-6-9(13)2-3-15(6)10-8(12)4-7(11)5-14-10/h4-6,9H,2-3,13H2,1H3. The van der Waals surface area contributed by atoms with Crippen molar-refractivity contribution in [2.24, 2.45) is 5.73 Å². The smallest absolute Gasteiger partial charge is 0.167 e. The second kappa shape index (κ2) is 3.94. The quantitative estimate of drug-likeness (QED) is 0.799. The minimum atomic E-state index is -0.386. The average Bonchev–Trinajstić information content (AvgIpc) is 2.49. The zero-order chi connectivity index (χ0) is 11.0. The van der Waals surface area contributed by atoms with E-state index in [1.165, 1.54) is 12.3 Å². The Morgan fingerprint density at radius 1 is 1.67 bits per heavy atom. The maximum atomic E-state index is 13.6. The molecule has 0 bridgehead atoms. The molecule has 1 aromatic rings. The SMILES string of the molecule is CC1C(N)CCN1c1ncc(Cl)cc1F. The summed E-state index contributed by atoms with van der Waals surface area (Å²) in [6.07, 6.45) is 2.32. The minimum Gasteiger partial charge on any atom is -0.350 e. The van der Waals surface area contributed by atoms with Crippen molar-refractivity contribution in [2.75, 3.05) is 11.4 Å². The number of nitrogens with zero attached hydrogens (tertiary/aromatic N) is 2. The number of pyridine rings is 1. The summed E-state index contributed by atoms with van der Waals surface area (Å²) in [6.45, 7) is 2.72. The molecule has 3 nitrogen and oxygen atoms in total. The van der Waals surface area contributed by atoms with Gasteiger partial charge in [0, 0.05) is 24.8 Å². The van der Waals surface area contributed by atoms with E-state index >= 15 is 0 Å². The Labute approximate surface area is 93.0 Å². The third-order valence-corrected chi connectivity index (χ3v) is 3.08. The molecule has 1 aliphatic heterocycles. The topological polar surface area (TPSA) is 42.1 Å². The number of halogens is 2. The van der Waals surface area contributed by atoms with Gasteiger partial charge in [-0.25, -0.2) is 9.37 Å². The molecule has 0 aliphatic carbocycles. The molecule has 1 saturated heterocycles. The summed E-state index contributed by atoms with van der Waals surface area (Å²) in [5.41, 5.74) is 5.87. The molecular formula is C10H13ClFN3. The molecule has 2 rings (SSSR count). The fourth-order valence-electron chi connectivity index (χ4n) is 1.88. The monoisotopic (exact) mass is 229 g/mol. The van der Waals surface area contributed by atoms with Gasteiger partial charge in [0.15, 0.2) is 11.6 Å². The van der Waals surface area contributed by atoms with Crippen molar-refractivity contribution in [3.63, 3.8) is 0 Å². The van der Waals surface area contributed by atoms with E-state index < -0.39 is 0 Å². The van der Waals surface area contributed by atoms with E-state index in [1.807, 2.05) is 11.8 Å². The number of nitrogens with two attached hydrogens (primary N) is 1. The third kappa shape index (κ3) is 1.92. The number of hydrogen-bond donors (Lipinski definition) is 1. The third-order valence-electron chi connectivity index (χ3n) is 2.88. The van der Waals surface area contributed by atoms with Crippen LogP contribution < -0.4 is 10.6 Å². The highest BCUT2D eigenvalue weighted by Crippen LogP contribution is 2.26. The van der Waals surface area contributed by atoms with Crippen molar-refractivity contribution < 1.29 is 4.39 Å². The molecule has 1 aliphatic rings. The van der Waals surface area contributed by atoms with Gasteiger partial charge in [0.1, 0.15) is 0 Å². The molecule has 5 heteroatoms. The molecule has 0 spiro atoms. The highest BCUT2D eigenvalue weighted by Gasteiger charge is 2.30. The Kier molecular flexibility index (Phi) is 2.80. The van der Waals surface area contributed by atoms with Crippen molar-refractivity contribution in [3.05, 3.63) is 23.1 Å². The molecule has 2 N–H and O–H groups in total. The lowest BCUT2D eigenvalue weighted by Crippen LogP contribution is -2.37. The van der Waals surface area contributed by atoms with Crippen LogP contribution in [0.25, 0.3) is 0 Å². The first kappa shape index (κ1) is 10.6. The fraction of sp³-hybridized carbons (Fsp3) is 0.500. The maximum Gasteiger partial charge on any atom is 0.167 e. The van der Waals surface area contributed by atoms with Gasteiger partial charge in [-0.3, -0.25) is 0 Å². The Hall–Kier alpha value is -0.870. The van der Waals surface area contributed by atoms with Crippen LogP contribution in [0.1, 0.15) is 13.3 Å². The molecule has 2 unspecified atom stereocenters. The van der Waals surface area contributed by atoms with E-state index in [1.54, 1.807) is 0 Å². The van der Waals surface area contributed by atoms with Gasteiger partial charge in [0.25, 0.3) is 0 Å². The van der Waals surface area contributed by atoms with Gasteiger partial charge in [-0.1, -0.05) is 11.6 Å². The van der Waals surface area contributed by atoms with Crippen LogP contribution in [0.15, 0.2) is 12.3 Å². The van der Waals surface area contributed by atoms with Crippen LogP contribution in [0.5, 0.6) is 0 Å². The molecule has 2 heterocycles. The summed E-state index contributed by atoms with van der Waals surface area (Å²) in [7, 11) is 0. The highest BCUT2D eigenvalue weighted by atomic mass is 35.5. The van der Waals surface area contributed by atoms with Crippen LogP contribution in [0.2, 0.25) is 5.02 Å². The molecule has 1 aromatic heterocycles. The first-order valence-electron chi connectivity index (χ1n) is 4.93. The molecule has 0 radical (unpaired) electrons. The van der Waals surface area contributed by atoms with Gasteiger partial charge in [0.2, 0.25) is 0 Å². The predicted octanol–water partition coefficient (Wildman–Crippen LogP) is 1.80. The van der Waals surface area contributed by atoms with Crippen LogP contribution in [0.4, 0.5) is 10.2 Å². The second-order valence-corrected chi connectivity index (χ2v) is 4.28. The Balaban J connectivity index is 2.30. The van der Waals surface area contributed by atoms with Crippen LogP contribution >= 0.6 is 11.6 Å². The van der Waals surface area contributed by atoms with Crippen molar-refractivity contribution >= 4 is 17.4 Å². The van der Waals surface area contributed by atoms with E-state index in [2.05, 4.69) is 4.98 Å². The van der Waals surface area contributed by atoms with E-state index in [4.69, 9.17) is 17.3 Å². The lowest BCUT2D eigenvalue weighted by molar-refractivity contribution is 0.588. The lowest BCUT2D eigenvalue weighted by atomic mass is 10.2. The molecule has 0 aromatic carbocycles. The van der Waals surface area contributed by atoms with E-state index in [0.29, 0.717) is 10.8 Å². The number of anilines is 1. The van der Waals surface area contributed by atoms with Gasteiger partial charge in [-0.15, -0.1) is 0 Å². The van der Waals surface area contributed by atoms with E-state index in [-0.39, 0.29) is 17.9 Å². The zero-order valence-corrected chi connectivity index (χ0v) is 9.21. The highest BCUT2D eigenvalue weighted by molar-refractivity contribution is 6.30. The summed E-state index contributed by atoms with van der Waals surface area (Å²) in [6, 6.07) is 1.48. The maximum absolute atomic E-state index is 13.6. The Morgan fingerprint density at radius 3 is 2.93 bits per heavy atom. The van der Waals surface area contributed by atoms with Crippen molar-refractivity contribution in [1.29, 1.82) is 0 Å². The van der Waals surface area contributed by atoms with Gasteiger partial charge < -0.3 is 10.6 Å². The first-order chi connectivity index (χ1) is 7.09. The van der Waals surface area contributed by atoms with Crippen molar-refractivity contribution in [2.45, 2.75) is 25.4 Å². The molecule has 2 atom stereocenters. The van der Waals surface area contributed by atoms with Crippen molar-refractivity contribution in [3.8, 4) is 0 Å². The summed E-state index contributed by atoms with van der Waals surface area (Å²) >= 11 is 5.64. The second-order valence-electron chi connectivity index (χ2n) is 3.85. The minimum absolute atomic E-state index is 0.0851. The van der Waals surface area contributed by atoms with Crippen LogP contribution in [-0.2, 0) is 0 Å². The molecule has 1 fully saturated rings. The first-order valence-corrected chi connectivity index (χ1v) is 5.30. The number of rotatable bonds is 1. The summed E-state index contributed by atoms with van der Waals surface area (Å²) in [5.74, 6) is -0.0386. The van der Waals surface area contributed by atoms with Gasteiger partial charge in [0.05, 0.1) is 5.02 Å². The lowest BCUT2D eigenvalue weighted by Gasteiger charge is -2.24. The van der Waals surface area contributed by atoms with Crippen LogP contribution in [-0.4, -0.2) is 23.6 Å².